The van der Waals surface area contributed by atoms with Crippen LogP contribution in [-0.2, 0) is 69.6 Å². The Bertz CT molecular complexity index is 3380. The largest absolute Gasteiger partial charge is 0.494 e. The zero-order chi connectivity index (χ0) is 63.1. The maximum atomic E-state index is 12.3. The van der Waals surface area contributed by atoms with Crippen molar-refractivity contribution in [1.82, 2.24) is 14.5 Å². The number of halogens is 1. The summed E-state index contributed by atoms with van der Waals surface area (Å²) in [5, 5.41) is 5.58. The first-order valence-electron chi connectivity index (χ1n) is 29.0. The summed E-state index contributed by atoms with van der Waals surface area (Å²) >= 11 is 3.54. The van der Waals surface area contributed by atoms with Crippen molar-refractivity contribution in [2.45, 2.75) is 137 Å². The molecule has 2 unspecified atom stereocenters. The minimum Gasteiger partial charge on any atom is -0.486 e. The molecule has 1 fully saturated rings. The zero-order valence-corrected chi connectivity index (χ0v) is 57.9. The van der Waals surface area contributed by atoms with E-state index in [-0.39, 0.29) is 98.9 Å². The Morgan fingerprint density at radius 1 is 0.747 bits per heavy atom. The number of anilines is 2. The molecule has 469 valence electrons. The van der Waals surface area contributed by atoms with E-state index >= 15 is 0 Å². The molecule has 18 nitrogen and oxygen atoms in total. The number of hydrogen-bond donors (Lipinski definition) is 3. The number of ketones is 1. The summed E-state index contributed by atoms with van der Waals surface area (Å²) in [5.41, 5.74) is 9.26. The fraction of sp³-hybridized carbons (Fsp3) is 0.438. The number of carbonyl (C=O) groups is 3. The summed E-state index contributed by atoms with van der Waals surface area (Å²) in [6.45, 7) is 33.9. The smallest absolute Gasteiger partial charge is 0.486 e. The molecule has 2 atom stereocenters. The molecule has 3 aromatic carbocycles. The molecule has 7 heterocycles. The Balaban J connectivity index is 0.000000210. The predicted octanol–water partition coefficient (Wildman–Crippen LogP) is 11.2. The SMILES string of the molecule is CC1OB(c2ccc3c(c2)CC(=O)CO3)OC1(C)C.COC1C=C(C)C(Br)=CN1COCC[Si](C)(C)C.Cc1cc(=O)[nH]cc1-c1ccc2c(c1)NC(=O)CO2.Cc1cc(=O)n(COCC[Si](C)(C)C)cc1-c1ccc2c(c1)NC(=O)CO2.[CH2-]CC.[V]. The van der Waals surface area contributed by atoms with Crippen molar-refractivity contribution in [2.75, 3.05) is 57.5 Å². The molecular formula is C64H86BBrN5O13Si2V-. The molecule has 10 rings (SSSR count). The number of methoxy groups -OCH3 is 1. The molecule has 1 saturated heterocycles. The minimum absolute atomic E-state index is 0. The third kappa shape index (κ3) is 21.7. The predicted molar refractivity (Wildman–Crippen MR) is 350 cm³/mol. The molecule has 2 aromatic heterocycles. The van der Waals surface area contributed by atoms with Gasteiger partial charge in [-0.25, -0.2) is 0 Å². The van der Waals surface area contributed by atoms with Crippen molar-refractivity contribution in [3.8, 4) is 39.5 Å². The van der Waals surface area contributed by atoms with Gasteiger partial charge in [0.05, 0.1) is 23.1 Å². The van der Waals surface area contributed by atoms with E-state index in [0.717, 1.165) is 73.7 Å². The number of ether oxygens (including phenoxy) is 6. The van der Waals surface area contributed by atoms with Crippen LogP contribution in [0.3, 0.4) is 0 Å². The number of benzene rings is 3. The number of aromatic nitrogens is 2. The van der Waals surface area contributed by atoms with Crippen molar-refractivity contribution in [3.63, 3.8) is 0 Å². The van der Waals surface area contributed by atoms with Gasteiger partial charge >= 0.3 is 7.12 Å². The summed E-state index contributed by atoms with van der Waals surface area (Å²) < 4.78 is 47.4. The van der Waals surface area contributed by atoms with Gasteiger partial charge in [0.15, 0.2) is 25.2 Å². The first kappa shape index (κ1) is 72.0. The number of rotatable bonds is 14. The molecule has 3 N–H and O–H groups in total. The first-order chi connectivity index (χ1) is 40.6. The van der Waals surface area contributed by atoms with Gasteiger partial charge in [-0.1, -0.05) is 70.5 Å². The quantitative estimate of drug-likeness (QED) is 0.0537. The molecular weight excluding hydrogens is 1240 g/mol. The standard InChI is InChI=1S/C20H26N2O4Si.C14H17BO4.C14H12N2O3.C13H24BrNO2Si.C3H7.V/c1-14-9-20(24)22(13-25-7-8-27(2,3)4)11-16(14)15-5-6-18-17(10-15)21-19(23)12-26-18;1-9-14(2,3)19-15(18-9)11-4-5-13-10(6-11)7-12(16)8-17-13;1-8-4-13(17)15-6-10(8)9-2-3-12-11(5-9)16-14(18)7-19-12;1-11-8-13(16-2)15(9-12(11)14)10-17-6-7-18(3,4)5;1-3-2;/h5-6,9-11H,7-8,12-13H2,1-4H3,(H,21,23);4-6,9H,7-8H2,1-3H3;2-6H,7H2,1H3,(H,15,17)(H,16,18);8-9,13H,6-7,10H2,1-5H3;1,3H2,2H3;/q;;;;-1;. The molecule has 23 heteroatoms. The molecule has 0 spiro atoms. The van der Waals surface area contributed by atoms with E-state index in [1.807, 2.05) is 109 Å². The molecule has 87 heavy (non-hydrogen) atoms. The Hall–Kier alpha value is -5.79. The maximum Gasteiger partial charge on any atom is 0.494 e. The first-order valence-corrected chi connectivity index (χ1v) is 37.2. The molecule has 0 saturated carbocycles. The van der Waals surface area contributed by atoms with Gasteiger partial charge in [-0.2, -0.15) is 6.42 Å². The summed E-state index contributed by atoms with van der Waals surface area (Å²) in [6, 6.07) is 22.4. The Morgan fingerprint density at radius 3 is 1.83 bits per heavy atom. The second-order valence-electron chi connectivity index (χ2n) is 24.5. The van der Waals surface area contributed by atoms with Gasteiger partial charge < -0.3 is 65.2 Å². The number of nitrogens with zero attached hydrogens (tertiary/aromatic N) is 2. The molecule has 1 radical (unpaired) electrons. The van der Waals surface area contributed by atoms with Gasteiger partial charge in [0.25, 0.3) is 17.4 Å². The summed E-state index contributed by atoms with van der Waals surface area (Å²) in [6.07, 6.45) is 9.05. The van der Waals surface area contributed by atoms with Crippen LogP contribution in [0.5, 0.6) is 17.2 Å². The van der Waals surface area contributed by atoms with Crippen LogP contribution in [-0.4, -0.2) is 120 Å². The van der Waals surface area contributed by atoms with E-state index in [4.69, 9.17) is 37.7 Å². The van der Waals surface area contributed by atoms with E-state index in [1.54, 1.807) is 30.0 Å². The van der Waals surface area contributed by atoms with Crippen molar-refractivity contribution in [1.29, 1.82) is 0 Å². The third-order valence-corrected chi connectivity index (χ3v) is 18.5. The number of H-pyrrole nitrogens is 1. The number of hydrogen-bond acceptors (Lipinski definition) is 14. The van der Waals surface area contributed by atoms with E-state index in [0.29, 0.717) is 42.6 Å². The molecule has 5 aliphatic heterocycles. The monoisotopic (exact) mass is 1330 g/mol. The van der Waals surface area contributed by atoms with E-state index in [1.165, 1.54) is 11.6 Å². The summed E-state index contributed by atoms with van der Waals surface area (Å²) in [4.78, 5) is 62.5. The number of carbonyl (C=O) groups excluding carboxylic acids is 3. The normalized spacial score (nSPS) is 17.2. The van der Waals surface area contributed by atoms with Gasteiger partial charge in [-0.15, -0.1) is 0 Å². The average molecular weight is 1330 g/mol. The van der Waals surface area contributed by atoms with Gasteiger partial charge in [0.2, 0.25) is 5.56 Å². The minimum atomic E-state index is -1.16. The Morgan fingerprint density at radius 2 is 1.29 bits per heavy atom. The average Bonchev–Trinajstić information content (AvgIpc) is 4.01. The summed E-state index contributed by atoms with van der Waals surface area (Å²) in [5.74, 6) is 1.87. The van der Waals surface area contributed by atoms with Crippen LogP contribution < -0.4 is 41.4 Å². The van der Waals surface area contributed by atoms with Crippen molar-refractivity contribution >= 4 is 73.6 Å². The molecule has 5 aliphatic rings. The van der Waals surface area contributed by atoms with Crippen molar-refractivity contribution < 1.29 is 70.7 Å². The third-order valence-electron chi connectivity index (χ3n) is 14.2. The van der Waals surface area contributed by atoms with Crippen LogP contribution >= 0.6 is 15.9 Å². The number of amides is 2. The van der Waals surface area contributed by atoms with Crippen molar-refractivity contribution in [2.24, 2.45) is 0 Å². The van der Waals surface area contributed by atoms with Gasteiger partial charge in [-0.05, 0) is 139 Å². The summed E-state index contributed by atoms with van der Waals surface area (Å²) in [7, 11) is -0.814. The van der Waals surface area contributed by atoms with Crippen molar-refractivity contribution in [3.05, 3.63) is 146 Å². The zero-order valence-electron chi connectivity index (χ0n) is 52.9. The van der Waals surface area contributed by atoms with Gasteiger partial charge in [-0.3, -0.25) is 28.5 Å². The molecule has 5 aromatic rings. The van der Waals surface area contributed by atoms with Crippen LogP contribution in [0.4, 0.5) is 11.4 Å². The number of fused-ring (bicyclic) bond motifs is 3. The molecule has 2 amide bonds. The fourth-order valence-electron chi connectivity index (χ4n) is 8.91. The Kier molecular flexibility index (Phi) is 27.0. The van der Waals surface area contributed by atoms with Crippen LogP contribution in [0, 0.1) is 20.8 Å². The molecule has 0 aliphatic carbocycles. The number of nitrogens with one attached hydrogen (secondary N) is 3. The van der Waals surface area contributed by atoms with E-state index in [2.05, 4.69) is 95.7 Å². The van der Waals surface area contributed by atoms with Crippen LogP contribution in [0.25, 0.3) is 22.3 Å². The maximum absolute atomic E-state index is 12.3. The van der Waals surface area contributed by atoms with Crippen LogP contribution in [0.1, 0.15) is 57.7 Å². The van der Waals surface area contributed by atoms with Crippen LogP contribution in [0.2, 0.25) is 51.4 Å². The number of aromatic amines is 1. The molecule has 0 bridgehead atoms. The number of pyridine rings is 2. The van der Waals surface area contributed by atoms with Gasteiger partial charge in [0, 0.05) is 113 Å². The topological polar surface area (TPSA) is 207 Å². The second-order valence-corrected chi connectivity index (χ2v) is 36.6. The number of Topliss-reactive ketones (excluding diaryl/α,β-unsaturated/α-hetero) is 1. The van der Waals surface area contributed by atoms with E-state index in [9.17, 15) is 24.0 Å². The fourth-order valence-corrected chi connectivity index (χ4v) is 10.8. The number of aryl methyl sites for hydroxylation is 2. The van der Waals surface area contributed by atoms with Gasteiger partial charge in [0.1, 0.15) is 37.3 Å². The van der Waals surface area contributed by atoms with E-state index < -0.39 is 16.1 Å². The Labute approximate surface area is 535 Å². The van der Waals surface area contributed by atoms with Crippen LogP contribution in [0.15, 0.2) is 111 Å². The number of allylic oxidation sites excluding steroid dienone is 2. The second kappa shape index (κ2) is 32.6.